The van der Waals surface area contributed by atoms with Crippen LogP contribution in [0.2, 0.25) is 5.02 Å². The van der Waals surface area contributed by atoms with Gasteiger partial charge in [0.1, 0.15) is 11.9 Å². The van der Waals surface area contributed by atoms with Gasteiger partial charge in [0.2, 0.25) is 0 Å². The number of hydrogen-bond donors (Lipinski definition) is 1. The third kappa shape index (κ3) is 3.50. The zero-order valence-electron chi connectivity index (χ0n) is 10.4. The maximum atomic E-state index is 10.3. The molecule has 0 aliphatic carbocycles. The minimum absolute atomic E-state index is 0.627. The topological polar surface area (TPSA) is 29.5 Å². The van der Waals surface area contributed by atoms with E-state index < -0.39 is 6.10 Å². The Morgan fingerprint density at radius 2 is 1.79 bits per heavy atom. The van der Waals surface area contributed by atoms with Gasteiger partial charge in [0, 0.05) is 4.47 Å². The van der Waals surface area contributed by atoms with Crippen LogP contribution in [0.1, 0.15) is 24.2 Å². The smallest absolute Gasteiger partial charge is 0.119 e. The molecule has 0 aromatic heterocycles. The van der Waals surface area contributed by atoms with Crippen molar-refractivity contribution in [2.45, 2.75) is 13.0 Å². The molecule has 0 spiro atoms. The van der Waals surface area contributed by atoms with E-state index in [1.807, 2.05) is 43.3 Å². The first-order valence-electron chi connectivity index (χ1n) is 5.97. The molecule has 0 heterocycles. The van der Waals surface area contributed by atoms with E-state index >= 15 is 0 Å². The van der Waals surface area contributed by atoms with Crippen molar-refractivity contribution in [2.75, 3.05) is 6.61 Å². The largest absolute Gasteiger partial charge is 0.494 e. The molecule has 0 aliphatic rings. The molecule has 2 aromatic rings. The van der Waals surface area contributed by atoms with Gasteiger partial charge in [-0.05, 0) is 58.2 Å². The first-order chi connectivity index (χ1) is 9.11. The minimum Gasteiger partial charge on any atom is -0.494 e. The lowest BCUT2D eigenvalue weighted by atomic mass is 10.0. The van der Waals surface area contributed by atoms with Crippen LogP contribution in [0, 0.1) is 0 Å². The van der Waals surface area contributed by atoms with Crippen LogP contribution >= 0.6 is 27.5 Å². The summed E-state index contributed by atoms with van der Waals surface area (Å²) in [6.07, 6.45) is -0.677. The zero-order valence-corrected chi connectivity index (χ0v) is 12.8. The van der Waals surface area contributed by atoms with E-state index in [-0.39, 0.29) is 0 Å². The third-order valence-corrected chi connectivity index (χ3v) is 3.98. The molecule has 0 bridgehead atoms. The second kappa shape index (κ2) is 6.42. The number of aliphatic hydroxyl groups is 1. The predicted molar refractivity (Wildman–Crippen MR) is 80.8 cm³/mol. The van der Waals surface area contributed by atoms with Crippen LogP contribution in [0.4, 0.5) is 0 Å². The monoisotopic (exact) mass is 340 g/mol. The standard InChI is InChI=1S/C15H14BrClO2/c1-2-19-12-6-3-10(4-7-12)15(18)11-5-8-14(17)13(16)9-11/h3-9,15,18H,2H2,1H3. The van der Waals surface area contributed by atoms with E-state index in [4.69, 9.17) is 16.3 Å². The summed E-state index contributed by atoms with van der Waals surface area (Å²) in [6, 6.07) is 12.8. The highest BCUT2D eigenvalue weighted by atomic mass is 79.9. The molecular weight excluding hydrogens is 328 g/mol. The quantitative estimate of drug-likeness (QED) is 0.882. The summed E-state index contributed by atoms with van der Waals surface area (Å²) in [6.45, 7) is 2.57. The molecule has 0 saturated carbocycles. The molecule has 0 amide bonds. The van der Waals surface area contributed by atoms with Gasteiger partial charge in [0.25, 0.3) is 0 Å². The number of benzene rings is 2. The summed E-state index contributed by atoms with van der Waals surface area (Å²) >= 11 is 9.30. The molecule has 19 heavy (non-hydrogen) atoms. The van der Waals surface area contributed by atoms with E-state index in [9.17, 15) is 5.11 Å². The molecular formula is C15H14BrClO2. The molecule has 100 valence electrons. The highest BCUT2D eigenvalue weighted by molar-refractivity contribution is 9.10. The third-order valence-electron chi connectivity index (χ3n) is 2.77. The van der Waals surface area contributed by atoms with Crippen molar-refractivity contribution in [1.82, 2.24) is 0 Å². The van der Waals surface area contributed by atoms with Crippen molar-refractivity contribution in [2.24, 2.45) is 0 Å². The minimum atomic E-state index is -0.677. The van der Waals surface area contributed by atoms with Gasteiger partial charge in [0.05, 0.1) is 11.6 Å². The van der Waals surface area contributed by atoms with Crippen molar-refractivity contribution in [1.29, 1.82) is 0 Å². The van der Waals surface area contributed by atoms with Crippen molar-refractivity contribution < 1.29 is 9.84 Å². The maximum absolute atomic E-state index is 10.3. The Morgan fingerprint density at radius 3 is 2.37 bits per heavy atom. The molecule has 2 nitrogen and oxygen atoms in total. The molecule has 0 aliphatic heterocycles. The zero-order chi connectivity index (χ0) is 13.8. The Morgan fingerprint density at radius 1 is 1.16 bits per heavy atom. The Hall–Kier alpha value is -1.03. The van der Waals surface area contributed by atoms with Gasteiger partial charge in [-0.3, -0.25) is 0 Å². The summed E-state index contributed by atoms with van der Waals surface area (Å²) in [5.41, 5.74) is 1.61. The number of aliphatic hydroxyl groups excluding tert-OH is 1. The van der Waals surface area contributed by atoms with E-state index in [1.165, 1.54) is 0 Å². The van der Waals surface area contributed by atoms with Gasteiger partial charge in [0.15, 0.2) is 0 Å². The van der Waals surface area contributed by atoms with Gasteiger partial charge in [-0.1, -0.05) is 29.8 Å². The average molecular weight is 342 g/mol. The van der Waals surface area contributed by atoms with Crippen LogP contribution in [0.15, 0.2) is 46.9 Å². The van der Waals surface area contributed by atoms with E-state index in [1.54, 1.807) is 6.07 Å². The SMILES string of the molecule is CCOc1ccc(C(O)c2ccc(Cl)c(Br)c2)cc1. The predicted octanol–water partition coefficient (Wildman–Crippen LogP) is 4.58. The lowest BCUT2D eigenvalue weighted by Gasteiger charge is -2.13. The van der Waals surface area contributed by atoms with Gasteiger partial charge >= 0.3 is 0 Å². The molecule has 1 N–H and O–H groups in total. The molecule has 0 fully saturated rings. The fourth-order valence-corrected chi connectivity index (χ4v) is 2.30. The number of halogens is 2. The Labute approximate surface area is 126 Å². The summed E-state index contributed by atoms with van der Waals surface area (Å²) in [4.78, 5) is 0. The maximum Gasteiger partial charge on any atom is 0.119 e. The number of rotatable bonds is 4. The van der Waals surface area contributed by atoms with Crippen LogP contribution < -0.4 is 4.74 Å². The second-order valence-corrected chi connectivity index (χ2v) is 5.34. The summed E-state index contributed by atoms with van der Waals surface area (Å²) < 4.78 is 6.15. The number of hydrogen-bond acceptors (Lipinski definition) is 2. The van der Waals surface area contributed by atoms with Crippen molar-refractivity contribution >= 4 is 27.5 Å². The van der Waals surface area contributed by atoms with Crippen molar-refractivity contribution in [3.05, 3.63) is 63.1 Å². The second-order valence-electron chi connectivity index (χ2n) is 4.08. The van der Waals surface area contributed by atoms with Crippen LogP contribution in [0.5, 0.6) is 5.75 Å². The van der Waals surface area contributed by atoms with Crippen LogP contribution in [-0.2, 0) is 0 Å². The molecule has 1 unspecified atom stereocenters. The molecule has 2 aromatic carbocycles. The van der Waals surface area contributed by atoms with Crippen molar-refractivity contribution in [3.8, 4) is 5.75 Å². The Bertz CT molecular complexity index is 555. The molecule has 0 saturated heterocycles. The van der Waals surface area contributed by atoms with Crippen LogP contribution in [0.25, 0.3) is 0 Å². The summed E-state index contributed by atoms with van der Waals surface area (Å²) in [7, 11) is 0. The van der Waals surface area contributed by atoms with Gasteiger partial charge < -0.3 is 9.84 Å². The molecule has 2 rings (SSSR count). The molecule has 1 atom stereocenters. The lowest BCUT2D eigenvalue weighted by Crippen LogP contribution is -2.00. The van der Waals surface area contributed by atoms with Crippen LogP contribution in [-0.4, -0.2) is 11.7 Å². The normalized spacial score (nSPS) is 12.2. The highest BCUT2D eigenvalue weighted by Crippen LogP contribution is 2.29. The first-order valence-corrected chi connectivity index (χ1v) is 7.14. The fraction of sp³-hybridized carbons (Fsp3) is 0.200. The molecule has 0 radical (unpaired) electrons. The highest BCUT2D eigenvalue weighted by Gasteiger charge is 2.11. The molecule has 4 heteroatoms. The van der Waals surface area contributed by atoms with E-state index in [0.717, 1.165) is 21.3 Å². The van der Waals surface area contributed by atoms with Gasteiger partial charge in [-0.15, -0.1) is 0 Å². The van der Waals surface area contributed by atoms with Gasteiger partial charge in [-0.25, -0.2) is 0 Å². The first kappa shape index (κ1) is 14.4. The number of ether oxygens (including phenoxy) is 1. The van der Waals surface area contributed by atoms with E-state index in [2.05, 4.69) is 15.9 Å². The van der Waals surface area contributed by atoms with Crippen molar-refractivity contribution in [3.63, 3.8) is 0 Å². The summed E-state index contributed by atoms with van der Waals surface area (Å²) in [5, 5.41) is 11.0. The fourth-order valence-electron chi connectivity index (χ4n) is 1.79. The van der Waals surface area contributed by atoms with E-state index in [0.29, 0.717) is 11.6 Å². The summed E-state index contributed by atoms with van der Waals surface area (Å²) in [5.74, 6) is 0.802. The van der Waals surface area contributed by atoms with Crippen LogP contribution in [0.3, 0.4) is 0 Å². The average Bonchev–Trinajstić information content (AvgIpc) is 2.42. The van der Waals surface area contributed by atoms with Gasteiger partial charge in [-0.2, -0.15) is 0 Å². The Kier molecular flexibility index (Phi) is 4.86. The lowest BCUT2D eigenvalue weighted by molar-refractivity contribution is 0.220. The Balaban J connectivity index is 2.22.